The Hall–Kier alpha value is -2.96. The molecule has 0 saturated heterocycles. The van der Waals surface area contributed by atoms with Crippen molar-refractivity contribution in [3.8, 4) is 11.5 Å². The minimum atomic E-state index is -0.0819. The van der Waals surface area contributed by atoms with Gasteiger partial charge < -0.3 is 28.9 Å². The zero-order valence-electron chi connectivity index (χ0n) is 29.8. The van der Waals surface area contributed by atoms with Crippen molar-refractivity contribution in [3.63, 3.8) is 0 Å². The van der Waals surface area contributed by atoms with E-state index in [0.29, 0.717) is 12.1 Å². The van der Waals surface area contributed by atoms with Crippen LogP contribution in [0.5, 0.6) is 11.5 Å². The van der Waals surface area contributed by atoms with Gasteiger partial charge in [0.2, 0.25) is 0 Å². The Kier molecular flexibility index (Phi) is 8.55. The highest BCUT2D eigenvalue weighted by Crippen LogP contribution is 2.38. The van der Waals surface area contributed by atoms with Crippen molar-refractivity contribution in [1.82, 2.24) is 10.6 Å². The molecule has 6 heteroatoms. The normalized spacial score (nSPS) is 22.6. The van der Waals surface area contributed by atoms with Crippen molar-refractivity contribution in [2.45, 2.75) is 154 Å². The number of benzene rings is 2. The summed E-state index contributed by atoms with van der Waals surface area (Å²) in [4.78, 5) is 0. The third-order valence-electron chi connectivity index (χ3n) is 9.79. The molecule has 0 spiro atoms. The van der Waals surface area contributed by atoms with E-state index in [0.717, 1.165) is 83.5 Å². The van der Waals surface area contributed by atoms with Crippen LogP contribution in [0.4, 0.5) is 0 Å². The molecule has 0 bridgehead atoms. The van der Waals surface area contributed by atoms with Gasteiger partial charge in [0.25, 0.3) is 0 Å². The molecule has 0 atom stereocenters. The van der Waals surface area contributed by atoms with Gasteiger partial charge in [0, 0.05) is 50.8 Å². The fraction of sp³-hybridized carbons (Fsp3) is 0.600. The standard InChI is InChI=1S/C40H56N2O4/c1-37(2,3)35-18-25-11-12-30(24-34(25)46-35)44-32-22-28(23-32)42-40(9,10)16-15-39(7,8)36-19-26-17-29(13-14-33(26)45-36)43-31-20-27(21-31)41-38(4,5)6/h11-14,17-19,24,27-28,31-32,41-42H,15-16,20-23H2,1-10H3/t27-,28-,31+,32+. The number of hydrogen-bond donors (Lipinski definition) is 2. The van der Waals surface area contributed by atoms with Crippen LogP contribution in [-0.2, 0) is 10.8 Å². The van der Waals surface area contributed by atoms with E-state index < -0.39 is 0 Å². The fourth-order valence-corrected chi connectivity index (χ4v) is 6.81. The number of ether oxygens (including phenoxy) is 2. The molecule has 0 unspecified atom stereocenters. The molecule has 0 amide bonds. The topological polar surface area (TPSA) is 68.8 Å². The van der Waals surface area contributed by atoms with Gasteiger partial charge in [0.05, 0.1) is 0 Å². The van der Waals surface area contributed by atoms with Gasteiger partial charge in [0.1, 0.15) is 46.4 Å². The summed E-state index contributed by atoms with van der Waals surface area (Å²) in [5.74, 6) is 3.86. The van der Waals surface area contributed by atoms with Crippen molar-refractivity contribution in [1.29, 1.82) is 0 Å². The maximum atomic E-state index is 6.39. The predicted octanol–water partition coefficient (Wildman–Crippen LogP) is 9.81. The summed E-state index contributed by atoms with van der Waals surface area (Å²) in [6.45, 7) is 22.4. The molecular weight excluding hydrogens is 572 g/mol. The highest BCUT2D eigenvalue weighted by molar-refractivity contribution is 5.80. The number of fused-ring (bicyclic) bond motifs is 2. The van der Waals surface area contributed by atoms with Gasteiger partial charge in [-0.3, -0.25) is 0 Å². The van der Waals surface area contributed by atoms with Crippen LogP contribution < -0.4 is 20.1 Å². The highest BCUT2D eigenvalue weighted by Gasteiger charge is 2.36. The van der Waals surface area contributed by atoms with Gasteiger partial charge >= 0.3 is 0 Å². The highest BCUT2D eigenvalue weighted by atomic mass is 16.5. The van der Waals surface area contributed by atoms with Gasteiger partial charge in [-0.05, 0) is 116 Å². The second-order valence-corrected chi connectivity index (χ2v) is 17.5. The predicted molar refractivity (Wildman–Crippen MR) is 188 cm³/mol. The second-order valence-electron chi connectivity index (χ2n) is 17.5. The molecule has 2 aromatic heterocycles. The average Bonchev–Trinajstić information content (AvgIpc) is 3.53. The van der Waals surface area contributed by atoms with E-state index in [-0.39, 0.29) is 34.1 Å². The Morgan fingerprint density at radius 3 is 1.80 bits per heavy atom. The van der Waals surface area contributed by atoms with E-state index in [2.05, 4.69) is 116 Å². The van der Waals surface area contributed by atoms with E-state index in [1.165, 1.54) is 0 Å². The largest absolute Gasteiger partial charge is 0.490 e. The summed E-state index contributed by atoms with van der Waals surface area (Å²) in [6, 6.07) is 17.8. The maximum absolute atomic E-state index is 6.39. The molecule has 46 heavy (non-hydrogen) atoms. The van der Waals surface area contributed by atoms with E-state index in [1.807, 2.05) is 12.1 Å². The first-order chi connectivity index (χ1) is 21.4. The molecule has 2 aromatic carbocycles. The summed E-state index contributed by atoms with van der Waals surface area (Å²) in [5.41, 5.74) is 1.89. The van der Waals surface area contributed by atoms with Gasteiger partial charge in [-0.25, -0.2) is 0 Å². The summed E-state index contributed by atoms with van der Waals surface area (Å²) in [5, 5.41) is 9.82. The summed E-state index contributed by atoms with van der Waals surface area (Å²) < 4.78 is 25.2. The Morgan fingerprint density at radius 1 is 0.609 bits per heavy atom. The minimum Gasteiger partial charge on any atom is -0.490 e. The molecule has 2 aliphatic carbocycles. The van der Waals surface area contributed by atoms with Crippen molar-refractivity contribution >= 4 is 21.9 Å². The van der Waals surface area contributed by atoms with Gasteiger partial charge in [-0.1, -0.05) is 34.6 Å². The summed E-state index contributed by atoms with van der Waals surface area (Å²) >= 11 is 0. The van der Waals surface area contributed by atoms with E-state index in [9.17, 15) is 0 Å². The third kappa shape index (κ3) is 7.77. The molecule has 2 N–H and O–H groups in total. The summed E-state index contributed by atoms with van der Waals surface area (Å²) in [6.07, 6.45) is 6.71. The Labute approximate surface area is 276 Å². The zero-order valence-corrected chi connectivity index (χ0v) is 29.8. The van der Waals surface area contributed by atoms with Crippen molar-refractivity contribution < 1.29 is 18.3 Å². The number of furan rings is 2. The Balaban J connectivity index is 0.971. The second kappa shape index (κ2) is 11.9. The van der Waals surface area contributed by atoms with E-state index >= 15 is 0 Å². The quantitative estimate of drug-likeness (QED) is 0.172. The first-order valence-corrected chi connectivity index (χ1v) is 17.4. The first kappa shape index (κ1) is 33.0. The molecule has 6 nitrogen and oxygen atoms in total. The minimum absolute atomic E-state index is 0.00964. The molecule has 0 radical (unpaired) electrons. The molecule has 2 fully saturated rings. The molecule has 0 aliphatic heterocycles. The molecule has 6 rings (SSSR count). The van der Waals surface area contributed by atoms with Crippen molar-refractivity contribution in [3.05, 3.63) is 60.1 Å². The number of rotatable bonds is 11. The molecule has 2 aliphatic rings. The van der Waals surface area contributed by atoms with E-state index in [1.54, 1.807) is 0 Å². The Morgan fingerprint density at radius 2 is 1.17 bits per heavy atom. The molecule has 2 saturated carbocycles. The van der Waals surface area contributed by atoms with Crippen LogP contribution >= 0.6 is 0 Å². The van der Waals surface area contributed by atoms with Gasteiger partial charge in [-0.15, -0.1) is 0 Å². The average molecular weight is 629 g/mol. The summed E-state index contributed by atoms with van der Waals surface area (Å²) in [7, 11) is 0. The number of nitrogens with one attached hydrogen (secondary N) is 2. The smallest absolute Gasteiger partial charge is 0.137 e. The van der Waals surface area contributed by atoms with Crippen LogP contribution in [0.1, 0.15) is 119 Å². The third-order valence-corrected chi connectivity index (χ3v) is 9.79. The van der Waals surface area contributed by atoms with Crippen LogP contribution in [0.25, 0.3) is 21.9 Å². The van der Waals surface area contributed by atoms with E-state index in [4.69, 9.17) is 18.3 Å². The zero-order chi connectivity index (χ0) is 33.1. The van der Waals surface area contributed by atoms with Crippen molar-refractivity contribution in [2.24, 2.45) is 0 Å². The molecular formula is C40H56N2O4. The SMILES string of the molecule is CC(C)(C)N[C@H]1C[C@@H](Oc2ccc3oc(C(C)(C)CCC(C)(C)N[C@H]4C[C@@H](Oc5ccc6cc(C(C)(C)C)oc6c5)C4)cc3c2)C1. The fourth-order valence-electron chi connectivity index (χ4n) is 6.81. The first-order valence-electron chi connectivity index (χ1n) is 17.4. The maximum Gasteiger partial charge on any atom is 0.137 e. The van der Waals surface area contributed by atoms with Crippen LogP contribution in [0.2, 0.25) is 0 Å². The lowest BCUT2D eigenvalue weighted by molar-refractivity contribution is 0.0689. The number of hydrogen-bond acceptors (Lipinski definition) is 6. The van der Waals surface area contributed by atoms with Crippen LogP contribution in [0.15, 0.2) is 57.4 Å². The van der Waals surface area contributed by atoms with Crippen LogP contribution in [-0.4, -0.2) is 35.4 Å². The van der Waals surface area contributed by atoms with Gasteiger partial charge in [0.15, 0.2) is 0 Å². The van der Waals surface area contributed by atoms with Gasteiger partial charge in [-0.2, -0.15) is 0 Å². The Bertz CT molecular complexity index is 1650. The monoisotopic (exact) mass is 628 g/mol. The lowest BCUT2D eigenvalue weighted by Crippen LogP contribution is -2.54. The lowest BCUT2D eigenvalue weighted by Gasteiger charge is -2.42. The van der Waals surface area contributed by atoms with Crippen LogP contribution in [0.3, 0.4) is 0 Å². The molecule has 250 valence electrons. The van der Waals surface area contributed by atoms with Crippen molar-refractivity contribution in [2.75, 3.05) is 0 Å². The lowest BCUT2D eigenvalue weighted by atomic mass is 9.79. The van der Waals surface area contributed by atoms with Crippen LogP contribution in [0, 0.1) is 0 Å². The molecule has 2 heterocycles. The molecule has 4 aromatic rings.